The Balaban J connectivity index is 2.76. The molecule has 0 spiro atoms. The molecular formula is C14H24N2O. The molecular weight excluding hydrogens is 212 g/mol. The van der Waals surface area contributed by atoms with Crippen molar-refractivity contribution >= 4 is 0 Å². The van der Waals surface area contributed by atoms with E-state index in [1.54, 1.807) is 6.20 Å². The van der Waals surface area contributed by atoms with Crippen LogP contribution in [0.15, 0.2) is 18.5 Å². The minimum absolute atomic E-state index is 0.192. The van der Waals surface area contributed by atoms with E-state index in [1.165, 1.54) is 5.56 Å². The van der Waals surface area contributed by atoms with Crippen molar-refractivity contribution in [1.82, 2.24) is 10.3 Å². The van der Waals surface area contributed by atoms with Crippen molar-refractivity contribution in [2.24, 2.45) is 5.92 Å². The van der Waals surface area contributed by atoms with E-state index in [4.69, 9.17) is 4.74 Å². The van der Waals surface area contributed by atoms with Gasteiger partial charge in [0.05, 0.1) is 12.3 Å². The van der Waals surface area contributed by atoms with Gasteiger partial charge in [0.2, 0.25) is 0 Å². The van der Waals surface area contributed by atoms with E-state index in [0.717, 1.165) is 12.3 Å². The lowest BCUT2D eigenvalue weighted by Gasteiger charge is -2.20. The molecule has 1 aromatic heterocycles. The zero-order valence-corrected chi connectivity index (χ0v) is 11.5. The summed E-state index contributed by atoms with van der Waals surface area (Å²) >= 11 is 0. The molecule has 1 aromatic rings. The fourth-order valence-electron chi connectivity index (χ4n) is 1.85. The molecule has 0 bridgehead atoms. The highest BCUT2D eigenvalue weighted by Crippen LogP contribution is 2.25. The Kier molecular flexibility index (Phi) is 5.42. The van der Waals surface area contributed by atoms with E-state index in [9.17, 15) is 0 Å². The highest BCUT2D eigenvalue weighted by Gasteiger charge is 2.14. The highest BCUT2D eigenvalue weighted by atomic mass is 16.5. The molecule has 3 nitrogen and oxygen atoms in total. The van der Waals surface area contributed by atoms with E-state index in [2.05, 4.69) is 30.2 Å². The molecule has 17 heavy (non-hydrogen) atoms. The summed E-state index contributed by atoms with van der Waals surface area (Å²) in [4.78, 5) is 4.26. The Hall–Kier alpha value is -1.09. The van der Waals surface area contributed by atoms with E-state index in [-0.39, 0.29) is 6.10 Å². The maximum atomic E-state index is 5.67. The van der Waals surface area contributed by atoms with Crippen molar-refractivity contribution < 1.29 is 4.74 Å². The third-order valence-electron chi connectivity index (χ3n) is 3.01. The quantitative estimate of drug-likeness (QED) is 0.824. The molecule has 1 N–H and O–H groups in total. The highest BCUT2D eigenvalue weighted by molar-refractivity contribution is 5.26. The van der Waals surface area contributed by atoms with E-state index < -0.39 is 0 Å². The summed E-state index contributed by atoms with van der Waals surface area (Å²) in [6.45, 7) is 9.55. The summed E-state index contributed by atoms with van der Waals surface area (Å²) in [5.41, 5.74) is 1.24. The number of aromatic nitrogens is 1. The topological polar surface area (TPSA) is 34.2 Å². The van der Waals surface area contributed by atoms with Crippen LogP contribution in [-0.2, 0) is 0 Å². The fourth-order valence-corrected chi connectivity index (χ4v) is 1.85. The normalized spacial score (nSPS) is 14.7. The predicted octanol–water partition coefficient (Wildman–Crippen LogP) is 2.83. The van der Waals surface area contributed by atoms with Crippen LogP contribution in [0.2, 0.25) is 0 Å². The minimum Gasteiger partial charge on any atom is -0.489 e. The molecule has 1 heterocycles. The SMILES string of the molecule is CNCC(C)C(C)c1cncc(OC(C)C)c1. The molecule has 3 heteroatoms. The Labute approximate surface area is 105 Å². The van der Waals surface area contributed by atoms with Crippen molar-refractivity contribution in [3.05, 3.63) is 24.0 Å². The lowest BCUT2D eigenvalue weighted by Crippen LogP contribution is -2.21. The average molecular weight is 236 g/mol. The van der Waals surface area contributed by atoms with Gasteiger partial charge >= 0.3 is 0 Å². The van der Waals surface area contributed by atoms with Crippen LogP contribution >= 0.6 is 0 Å². The second kappa shape index (κ2) is 6.60. The van der Waals surface area contributed by atoms with Crippen LogP contribution in [0, 0.1) is 5.92 Å². The number of nitrogens with one attached hydrogen (secondary N) is 1. The molecule has 2 unspecified atom stereocenters. The van der Waals surface area contributed by atoms with Crippen LogP contribution < -0.4 is 10.1 Å². The van der Waals surface area contributed by atoms with Crippen molar-refractivity contribution in [2.75, 3.05) is 13.6 Å². The van der Waals surface area contributed by atoms with Crippen molar-refractivity contribution in [3.8, 4) is 5.75 Å². The number of nitrogens with zero attached hydrogens (tertiary/aromatic N) is 1. The molecule has 0 amide bonds. The Morgan fingerprint density at radius 2 is 1.94 bits per heavy atom. The second-order valence-corrected chi connectivity index (χ2v) is 4.94. The largest absolute Gasteiger partial charge is 0.489 e. The summed E-state index contributed by atoms with van der Waals surface area (Å²) < 4.78 is 5.67. The average Bonchev–Trinajstić information content (AvgIpc) is 2.28. The first-order chi connectivity index (χ1) is 8.04. The Morgan fingerprint density at radius 1 is 1.24 bits per heavy atom. The van der Waals surface area contributed by atoms with Gasteiger partial charge in [-0.1, -0.05) is 13.8 Å². The van der Waals surface area contributed by atoms with Gasteiger partial charge in [0, 0.05) is 6.20 Å². The molecule has 0 aliphatic carbocycles. The third kappa shape index (κ3) is 4.35. The van der Waals surface area contributed by atoms with E-state index >= 15 is 0 Å². The molecule has 1 rings (SSSR count). The molecule has 0 radical (unpaired) electrons. The maximum absolute atomic E-state index is 5.67. The van der Waals surface area contributed by atoms with Gasteiger partial charge in [0.1, 0.15) is 5.75 Å². The monoisotopic (exact) mass is 236 g/mol. The first-order valence-electron chi connectivity index (χ1n) is 6.30. The van der Waals surface area contributed by atoms with Crippen LogP contribution in [0.4, 0.5) is 0 Å². The standard InChI is InChI=1S/C14H24N2O/c1-10(2)17-14-6-13(8-16-9-14)12(4)11(3)7-15-5/h6,8-12,15H,7H2,1-5H3. The van der Waals surface area contributed by atoms with Gasteiger partial charge in [-0.05, 0) is 50.9 Å². The minimum atomic E-state index is 0.192. The molecule has 0 aromatic carbocycles. The summed E-state index contributed by atoms with van der Waals surface area (Å²) in [6.07, 6.45) is 3.90. The molecule has 0 saturated carbocycles. The predicted molar refractivity (Wildman–Crippen MR) is 71.5 cm³/mol. The Bertz CT molecular complexity index is 339. The molecule has 0 saturated heterocycles. The van der Waals surface area contributed by atoms with Crippen LogP contribution in [0.1, 0.15) is 39.2 Å². The molecule has 0 aliphatic heterocycles. The fraction of sp³-hybridized carbons (Fsp3) is 0.643. The van der Waals surface area contributed by atoms with Gasteiger partial charge in [-0.15, -0.1) is 0 Å². The molecule has 0 aliphatic rings. The molecule has 2 atom stereocenters. The zero-order chi connectivity index (χ0) is 12.8. The summed E-state index contributed by atoms with van der Waals surface area (Å²) in [6, 6.07) is 2.10. The van der Waals surface area contributed by atoms with Gasteiger partial charge in [-0.3, -0.25) is 4.98 Å². The van der Waals surface area contributed by atoms with Crippen molar-refractivity contribution in [1.29, 1.82) is 0 Å². The van der Waals surface area contributed by atoms with Crippen LogP contribution in [0.5, 0.6) is 5.75 Å². The van der Waals surface area contributed by atoms with Crippen molar-refractivity contribution in [2.45, 2.75) is 39.7 Å². The number of pyridine rings is 1. The van der Waals surface area contributed by atoms with Gasteiger partial charge < -0.3 is 10.1 Å². The number of rotatable bonds is 6. The molecule has 96 valence electrons. The van der Waals surface area contributed by atoms with E-state index in [1.807, 2.05) is 27.1 Å². The zero-order valence-electron chi connectivity index (χ0n) is 11.5. The number of ether oxygens (including phenoxy) is 1. The second-order valence-electron chi connectivity index (χ2n) is 4.94. The first kappa shape index (κ1) is 14.0. The lowest BCUT2D eigenvalue weighted by atomic mass is 9.90. The molecule has 0 fully saturated rings. The van der Waals surface area contributed by atoms with Crippen molar-refractivity contribution in [3.63, 3.8) is 0 Å². The van der Waals surface area contributed by atoms with Gasteiger partial charge in [-0.2, -0.15) is 0 Å². The number of hydrogen-bond donors (Lipinski definition) is 1. The lowest BCUT2D eigenvalue weighted by molar-refractivity contribution is 0.241. The van der Waals surface area contributed by atoms with Crippen LogP contribution in [0.25, 0.3) is 0 Å². The smallest absolute Gasteiger partial charge is 0.138 e. The summed E-state index contributed by atoms with van der Waals surface area (Å²) in [5.74, 6) is 1.92. The van der Waals surface area contributed by atoms with E-state index in [0.29, 0.717) is 11.8 Å². The number of hydrogen-bond acceptors (Lipinski definition) is 3. The van der Waals surface area contributed by atoms with Crippen LogP contribution in [-0.4, -0.2) is 24.7 Å². The van der Waals surface area contributed by atoms with Gasteiger partial charge in [-0.25, -0.2) is 0 Å². The Morgan fingerprint density at radius 3 is 2.53 bits per heavy atom. The summed E-state index contributed by atoms with van der Waals surface area (Å²) in [5, 5.41) is 3.21. The summed E-state index contributed by atoms with van der Waals surface area (Å²) in [7, 11) is 1.99. The maximum Gasteiger partial charge on any atom is 0.138 e. The van der Waals surface area contributed by atoms with Gasteiger partial charge in [0.15, 0.2) is 0 Å². The first-order valence-corrected chi connectivity index (χ1v) is 6.30. The van der Waals surface area contributed by atoms with Crippen LogP contribution in [0.3, 0.4) is 0 Å². The third-order valence-corrected chi connectivity index (χ3v) is 3.01. The van der Waals surface area contributed by atoms with Gasteiger partial charge in [0.25, 0.3) is 0 Å².